The zero-order valence-electron chi connectivity index (χ0n) is 16.1. The molecule has 0 bridgehead atoms. The van der Waals surface area contributed by atoms with Gasteiger partial charge in [0.05, 0.1) is 16.8 Å². The molecule has 0 radical (unpaired) electrons. The molecule has 0 spiro atoms. The van der Waals surface area contributed by atoms with E-state index in [4.69, 9.17) is 0 Å². The van der Waals surface area contributed by atoms with Gasteiger partial charge in [-0.15, -0.1) is 0 Å². The molecule has 5 rings (SSSR count). The third kappa shape index (κ3) is 3.00. The Balaban J connectivity index is 1.83. The molecule has 3 heterocycles. The van der Waals surface area contributed by atoms with Crippen LogP contribution in [0.3, 0.4) is 0 Å². The number of aldehydes is 1. The first-order valence-electron chi connectivity index (χ1n) is 9.92. The molecule has 0 unspecified atom stereocenters. The highest BCUT2D eigenvalue weighted by Crippen LogP contribution is 2.38. The van der Waals surface area contributed by atoms with E-state index < -0.39 is 0 Å². The van der Waals surface area contributed by atoms with Gasteiger partial charge in [-0.3, -0.25) is 14.3 Å². The number of para-hydroxylation sites is 2. The molecule has 29 heavy (non-hydrogen) atoms. The number of carbonyl (C=O) groups excluding carboxylic acids is 1. The van der Waals surface area contributed by atoms with Crippen molar-refractivity contribution >= 4 is 23.0 Å². The summed E-state index contributed by atoms with van der Waals surface area (Å²) < 4.78 is 2.25. The van der Waals surface area contributed by atoms with E-state index in [9.17, 15) is 4.79 Å². The van der Waals surface area contributed by atoms with Crippen molar-refractivity contribution in [3.8, 4) is 16.8 Å². The van der Waals surface area contributed by atoms with Gasteiger partial charge in [-0.05, 0) is 29.8 Å². The minimum atomic E-state index is 0.757. The Morgan fingerprint density at radius 3 is 2.41 bits per heavy atom. The van der Waals surface area contributed by atoms with Crippen molar-refractivity contribution in [2.45, 2.75) is 0 Å². The number of carbonyl (C=O) groups is 1. The van der Waals surface area contributed by atoms with Crippen LogP contribution in [0.15, 0.2) is 73.1 Å². The van der Waals surface area contributed by atoms with Crippen LogP contribution >= 0.6 is 0 Å². The van der Waals surface area contributed by atoms with Crippen molar-refractivity contribution in [3.05, 3.63) is 78.6 Å². The number of piperazine rings is 1. The number of rotatable bonds is 4. The number of hydrogen-bond acceptors (Lipinski definition) is 4. The number of pyridine rings is 1. The summed E-state index contributed by atoms with van der Waals surface area (Å²) in [5, 5.41) is 4.39. The second kappa shape index (κ2) is 7.53. The SMILES string of the molecule is O=Cc1c(N2CCNCC2)n(-c2ccccc2-c2ccncc2)c2ccccc12. The molecular weight excluding hydrogens is 360 g/mol. The van der Waals surface area contributed by atoms with E-state index >= 15 is 0 Å². The van der Waals surface area contributed by atoms with Crippen LogP contribution in [0.5, 0.6) is 0 Å². The van der Waals surface area contributed by atoms with E-state index in [0.717, 1.165) is 71.6 Å². The van der Waals surface area contributed by atoms with Crippen molar-refractivity contribution in [3.63, 3.8) is 0 Å². The summed E-state index contributed by atoms with van der Waals surface area (Å²) in [6.45, 7) is 3.56. The monoisotopic (exact) mass is 382 g/mol. The summed E-state index contributed by atoms with van der Waals surface area (Å²) in [6.07, 6.45) is 4.63. The smallest absolute Gasteiger partial charge is 0.154 e. The lowest BCUT2D eigenvalue weighted by Gasteiger charge is -2.31. The van der Waals surface area contributed by atoms with Gasteiger partial charge in [-0.1, -0.05) is 36.4 Å². The van der Waals surface area contributed by atoms with Crippen LogP contribution in [0, 0.1) is 0 Å². The van der Waals surface area contributed by atoms with Gasteiger partial charge in [0.25, 0.3) is 0 Å². The Morgan fingerprint density at radius 2 is 1.62 bits per heavy atom. The van der Waals surface area contributed by atoms with E-state index in [1.165, 1.54) is 0 Å². The van der Waals surface area contributed by atoms with Gasteiger partial charge in [0.1, 0.15) is 5.82 Å². The Kier molecular flexibility index (Phi) is 4.58. The average Bonchev–Trinajstić information content (AvgIpc) is 3.14. The number of benzene rings is 2. The first-order chi connectivity index (χ1) is 14.4. The second-order valence-electron chi connectivity index (χ2n) is 7.20. The minimum Gasteiger partial charge on any atom is -0.355 e. The molecule has 1 aliphatic heterocycles. The lowest BCUT2D eigenvalue weighted by molar-refractivity contribution is 0.112. The fourth-order valence-electron chi connectivity index (χ4n) is 4.24. The third-order valence-electron chi connectivity index (χ3n) is 5.56. The largest absolute Gasteiger partial charge is 0.355 e. The number of nitrogens with one attached hydrogen (secondary N) is 1. The van der Waals surface area contributed by atoms with Crippen LogP contribution in [0.1, 0.15) is 10.4 Å². The maximum Gasteiger partial charge on any atom is 0.154 e. The van der Waals surface area contributed by atoms with Crippen molar-refractivity contribution in [2.24, 2.45) is 0 Å². The van der Waals surface area contributed by atoms with Gasteiger partial charge in [0.15, 0.2) is 6.29 Å². The van der Waals surface area contributed by atoms with Crippen LogP contribution in [0.25, 0.3) is 27.7 Å². The molecule has 1 aliphatic rings. The van der Waals surface area contributed by atoms with Crippen molar-refractivity contribution in [2.75, 3.05) is 31.1 Å². The van der Waals surface area contributed by atoms with Gasteiger partial charge >= 0.3 is 0 Å². The molecule has 2 aromatic heterocycles. The summed E-state index contributed by atoms with van der Waals surface area (Å²) in [5.41, 5.74) is 5.09. The van der Waals surface area contributed by atoms with E-state index in [1.807, 2.05) is 42.7 Å². The summed E-state index contributed by atoms with van der Waals surface area (Å²) >= 11 is 0. The summed E-state index contributed by atoms with van der Waals surface area (Å²) in [7, 11) is 0. The molecule has 5 heteroatoms. The Bertz CT molecular complexity index is 1160. The van der Waals surface area contributed by atoms with Crippen LogP contribution in [-0.2, 0) is 0 Å². The Labute approximate surface area is 169 Å². The lowest BCUT2D eigenvalue weighted by atomic mass is 10.0. The maximum atomic E-state index is 12.2. The fourth-order valence-corrected chi connectivity index (χ4v) is 4.24. The van der Waals surface area contributed by atoms with Gasteiger partial charge in [-0.2, -0.15) is 0 Å². The van der Waals surface area contributed by atoms with E-state index in [1.54, 1.807) is 0 Å². The van der Waals surface area contributed by atoms with Crippen molar-refractivity contribution < 1.29 is 4.79 Å². The number of fused-ring (bicyclic) bond motifs is 1. The van der Waals surface area contributed by atoms with Crippen LogP contribution in [0.2, 0.25) is 0 Å². The molecule has 0 saturated carbocycles. The Hall–Kier alpha value is -3.44. The Morgan fingerprint density at radius 1 is 0.897 bits per heavy atom. The normalized spacial score (nSPS) is 14.3. The first-order valence-corrected chi connectivity index (χ1v) is 9.92. The third-order valence-corrected chi connectivity index (χ3v) is 5.56. The highest BCUT2D eigenvalue weighted by molar-refractivity contribution is 6.05. The quantitative estimate of drug-likeness (QED) is 0.544. The summed E-state index contributed by atoms with van der Waals surface area (Å²) in [5.74, 6) is 0.976. The lowest BCUT2D eigenvalue weighted by Crippen LogP contribution is -2.44. The van der Waals surface area contributed by atoms with Crippen LogP contribution in [0.4, 0.5) is 5.82 Å². The number of nitrogens with zero attached hydrogens (tertiary/aromatic N) is 3. The topological polar surface area (TPSA) is 50.2 Å². The molecule has 2 aromatic carbocycles. The van der Waals surface area contributed by atoms with E-state index in [-0.39, 0.29) is 0 Å². The molecule has 1 fully saturated rings. The number of hydrogen-bond donors (Lipinski definition) is 1. The molecular formula is C24H22N4O. The minimum absolute atomic E-state index is 0.757. The average molecular weight is 382 g/mol. The molecule has 0 atom stereocenters. The second-order valence-corrected chi connectivity index (χ2v) is 7.20. The van der Waals surface area contributed by atoms with E-state index in [0.29, 0.717) is 0 Å². The predicted octanol–water partition coefficient (Wildman–Crippen LogP) is 3.91. The molecule has 1 saturated heterocycles. The van der Waals surface area contributed by atoms with Gasteiger partial charge in [-0.25, -0.2) is 0 Å². The van der Waals surface area contributed by atoms with Crippen LogP contribution in [-0.4, -0.2) is 42.0 Å². The van der Waals surface area contributed by atoms with Gasteiger partial charge in [0, 0.05) is 49.5 Å². The number of aromatic nitrogens is 2. The highest BCUT2D eigenvalue weighted by atomic mass is 16.1. The predicted molar refractivity (Wildman–Crippen MR) is 117 cm³/mol. The molecule has 0 aliphatic carbocycles. The van der Waals surface area contributed by atoms with Crippen LogP contribution < -0.4 is 10.2 Å². The molecule has 1 N–H and O–H groups in total. The molecule has 5 nitrogen and oxygen atoms in total. The molecule has 0 amide bonds. The summed E-state index contributed by atoms with van der Waals surface area (Å²) in [6, 6.07) is 20.6. The van der Waals surface area contributed by atoms with Crippen molar-refractivity contribution in [1.82, 2.24) is 14.9 Å². The zero-order valence-corrected chi connectivity index (χ0v) is 16.1. The summed E-state index contributed by atoms with van der Waals surface area (Å²) in [4.78, 5) is 18.7. The van der Waals surface area contributed by atoms with E-state index in [2.05, 4.69) is 50.1 Å². The number of anilines is 1. The van der Waals surface area contributed by atoms with Gasteiger partial charge < -0.3 is 10.2 Å². The highest BCUT2D eigenvalue weighted by Gasteiger charge is 2.25. The van der Waals surface area contributed by atoms with Gasteiger partial charge in [0.2, 0.25) is 0 Å². The fraction of sp³-hybridized carbons (Fsp3) is 0.167. The standard InChI is InChI=1S/C24H22N4O/c29-17-21-20-6-2-4-8-23(20)28(24(21)27-15-13-26-14-16-27)22-7-3-1-5-19(22)18-9-11-25-12-10-18/h1-12,17,26H,13-16H2. The molecule has 4 aromatic rings. The first kappa shape index (κ1) is 17.6. The zero-order chi connectivity index (χ0) is 19.6. The maximum absolute atomic E-state index is 12.2. The molecule has 144 valence electrons. The van der Waals surface area contributed by atoms with Crippen molar-refractivity contribution in [1.29, 1.82) is 0 Å².